The van der Waals surface area contributed by atoms with Gasteiger partial charge in [-0.1, -0.05) is 0 Å². The second kappa shape index (κ2) is 10.3. The number of fused-ring (bicyclic) bond motifs is 3. The molecule has 2 aromatic heterocycles. The zero-order valence-electron chi connectivity index (χ0n) is 20.1. The first-order valence-corrected chi connectivity index (χ1v) is 11.5. The van der Waals surface area contributed by atoms with E-state index in [1.54, 1.807) is 31.5 Å². The number of aromatic amines is 1. The molecule has 0 unspecified atom stereocenters. The molecule has 9 heteroatoms. The Bertz CT molecular complexity index is 1350. The van der Waals surface area contributed by atoms with Crippen LogP contribution in [-0.2, 0) is 6.67 Å². The summed E-state index contributed by atoms with van der Waals surface area (Å²) in [7, 11) is 3.73. The van der Waals surface area contributed by atoms with Gasteiger partial charge < -0.3 is 19.5 Å². The smallest absolute Gasteiger partial charge is 0.169 e. The van der Waals surface area contributed by atoms with E-state index in [1.807, 2.05) is 13.0 Å². The van der Waals surface area contributed by atoms with Crippen molar-refractivity contribution >= 4 is 34.2 Å². The van der Waals surface area contributed by atoms with Gasteiger partial charge in [-0.25, -0.2) is 9.37 Å². The van der Waals surface area contributed by atoms with Gasteiger partial charge in [0.1, 0.15) is 12.4 Å². The molecule has 1 aliphatic rings. The predicted octanol–water partition coefficient (Wildman–Crippen LogP) is 5.41. The molecule has 7 nitrogen and oxygen atoms in total. The number of phenolic OH excluding ortho intramolecular Hbond substituents is 1. The summed E-state index contributed by atoms with van der Waals surface area (Å²) in [6.45, 7) is 3.80. The third-order valence-corrected chi connectivity index (χ3v) is 6.81. The Morgan fingerprint density at radius 2 is 1.97 bits per heavy atom. The Hall–Kier alpha value is -3.10. The number of nitrogens with zero attached hydrogens (tertiary/aromatic N) is 3. The van der Waals surface area contributed by atoms with Gasteiger partial charge in [0.25, 0.3) is 0 Å². The quantitative estimate of drug-likeness (QED) is 0.368. The monoisotopic (exact) mass is 500 g/mol. The summed E-state index contributed by atoms with van der Waals surface area (Å²) in [5.41, 5.74) is 3.13. The molecule has 0 saturated carbocycles. The fourth-order valence-corrected chi connectivity index (χ4v) is 4.80. The molecule has 1 saturated heterocycles. The maximum Gasteiger partial charge on any atom is 0.169 e. The number of benzene rings is 2. The Labute approximate surface area is 209 Å². The average molecular weight is 501 g/mol. The standard InChI is InChI=1S/C26H29FN4O3.ClH/c1-15-10-17(4-5-20(15)32)24-22-18(12-27)11-21(34-14-16-6-8-31(2)9-7-16)25(33-3)23(22)19-13-28-30-26(19)29-24;/h4-5,10-11,13,16,32H,6-9,12,14H2,1-3H3,(H,28,29,30);1H. The maximum atomic E-state index is 14.5. The van der Waals surface area contributed by atoms with Crippen molar-refractivity contribution in [3.63, 3.8) is 0 Å². The second-order valence-electron chi connectivity index (χ2n) is 9.10. The van der Waals surface area contributed by atoms with Crippen LogP contribution >= 0.6 is 12.4 Å². The van der Waals surface area contributed by atoms with E-state index in [0.717, 1.165) is 42.3 Å². The number of aromatic nitrogens is 3. The third kappa shape index (κ3) is 4.60. The lowest BCUT2D eigenvalue weighted by Crippen LogP contribution is -2.32. The number of halogens is 2. The molecule has 2 N–H and O–H groups in total. The maximum absolute atomic E-state index is 14.5. The molecule has 0 spiro atoms. The van der Waals surface area contributed by atoms with Gasteiger partial charge >= 0.3 is 0 Å². The number of hydrogen-bond acceptors (Lipinski definition) is 6. The number of aromatic hydroxyl groups is 1. The van der Waals surface area contributed by atoms with Crippen molar-refractivity contribution in [3.8, 4) is 28.5 Å². The van der Waals surface area contributed by atoms with Crippen molar-refractivity contribution in [3.05, 3.63) is 41.6 Å². The number of phenols is 1. The van der Waals surface area contributed by atoms with Gasteiger partial charge in [-0.2, -0.15) is 5.10 Å². The van der Waals surface area contributed by atoms with Gasteiger partial charge in [-0.3, -0.25) is 5.10 Å². The van der Waals surface area contributed by atoms with Crippen molar-refractivity contribution in [2.75, 3.05) is 33.9 Å². The average Bonchev–Trinajstić information content (AvgIpc) is 3.33. The zero-order valence-corrected chi connectivity index (χ0v) is 20.9. The molecule has 0 bridgehead atoms. The van der Waals surface area contributed by atoms with E-state index in [4.69, 9.17) is 14.5 Å². The molecule has 3 heterocycles. The molecule has 0 atom stereocenters. The molecular formula is C26H30ClFN4O3. The largest absolute Gasteiger partial charge is 0.508 e. The summed E-state index contributed by atoms with van der Waals surface area (Å²) in [4.78, 5) is 7.10. The Kier molecular flexibility index (Phi) is 7.33. The highest BCUT2D eigenvalue weighted by Gasteiger charge is 2.24. The van der Waals surface area contributed by atoms with Gasteiger partial charge in [0.2, 0.25) is 0 Å². The minimum absolute atomic E-state index is 0. The number of alkyl halides is 1. The predicted molar refractivity (Wildman–Crippen MR) is 138 cm³/mol. The Morgan fingerprint density at radius 1 is 1.20 bits per heavy atom. The summed E-state index contributed by atoms with van der Waals surface area (Å²) in [5, 5.41) is 19.2. The van der Waals surface area contributed by atoms with E-state index in [1.165, 1.54) is 0 Å². The van der Waals surface area contributed by atoms with Gasteiger partial charge in [-0.05, 0) is 81.2 Å². The topological polar surface area (TPSA) is 83.5 Å². The summed E-state index contributed by atoms with van der Waals surface area (Å²) < 4.78 is 26.6. The molecule has 0 radical (unpaired) electrons. The van der Waals surface area contributed by atoms with Crippen LogP contribution in [0.2, 0.25) is 0 Å². The first-order chi connectivity index (χ1) is 16.5. The van der Waals surface area contributed by atoms with E-state index in [9.17, 15) is 9.50 Å². The number of hydrogen-bond donors (Lipinski definition) is 2. The molecule has 0 aliphatic carbocycles. The van der Waals surface area contributed by atoms with Gasteiger partial charge in [0.15, 0.2) is 17.1 Å². The first-order valence-electron chi connectivity index (χ1n) is 11.5. The van der Waals surface area contributed by atoms with E-state index in [-0.39, 0.29) is 18.2 Å². The Morgan fingerprint density at radius 3 is 2.66 bits per heavy atom. The van der Waals surface area contributed by atoms with Crippen LogP contribution in [0.5, 0.6) is 17.2 Å². The van der Waals surface area contributed by atoms with Gasteiger partial charge in [-0.15, -0.1) is 12.4 Å². The number of rotatable bonds is 6. The van der Waals surface area contributed by atoms with Crippen molar-refractivity contribution in [2.24, 2.45) is 5.92 Å². The lowest BCUT2D eigenvalue weighted by atomic mass is 9.95. The number of ether oxygens (including phenoxy) is 2. The number of methoxy groups -OCH3 is 1. The first kappa shape index (κ1) is 25.0. The molecule has 5 rings (SSSR count). The molecule has 0 amide bonds. The molecular weight excluding hydrogens is 471 g/mol. The van der Waals surface area contributed by atoms with E-state index >= 15 is 0 Å². The summed E-state index contributed by atoms with van der Waals surface area (Å²) in [6, 6.07) is 6.99. The van der Waals surface area contributed by atoms with E-state index < -0.39 is 6.67 Å². The van der Waals surface area contributed by atoms with Crippen molar-refractivity contribution in [1.29, 1.82) is 0 Å². The number of piperidine rings is 1. The van der Waals surface area contributed by atoms with Gasteiger partial charge in [0.05, 0.1) is 31.0 Å². The highest BCUT2D eigenvalue weighted by Crippen LogP contribution is 2.45. The highest BCUT2D eigenvalue weighted by atomic mass is 35.5. The molecule has 4 aromatic rings. The van der Waals surface area contributed by atoms with Crippen LogP contribution in [0, 0.1) is 12.8 Å². The fraction of sp³-hybridized carbons (Fsp3) is 0.385. The van der Waals surface area contributed by atoms with Crippen molar-refractivity contribution in [2.45, 2.75) is 26.4 Å². The minimum atomic E-state index is -0.680. The van der Waals surface area contributed by atoms with Crippen LogP contribution in [0.4, 0.5) is 4.39 Å². The number of aryl methyl sites for hydroxylation is 1. The van der Waals surface area contributed by atoms with Crippen LogP contribution in [-0.4, -0.2) is 59.0 Å². The van der Waals surface area contributed by atoms with Crippen LogP contribution in [0.1, 0.15) is 24.0 Å². The lowest BCUT2D eigenvalue weighted by molar-refractivity contribution is 0.157. The van der Waals surface area contributed by atoms with E-state index in [0.29, 0.717) is 51.9 Å². The fourth-order valence-electron chi connectivity index (χ4n) is 4.80. The molecule has 186 valence electrons. The Balaban J connectivity index is 0.00000289. The van der Waals surface area contributed by atoms with Crippen LogP contribution < -0.4 is 9.47 Å². The lowest BCUT2D eigenvalue weighted by Gasteiger charge is -2.29. The minimum Gasteiger partial charge on any atom is -0.508 e. The highest BCUT2D eigenvalue weighted by molar-refractivity contribution is 6.15. The number of H-pyrrole nitrogens is 1. The van der Waals surface area contributed by atoms with Gasteiger partial charge in [0, 0.05) is 16.3 Å². The normalized spacial score (nSPS) is 14.9. The second-order valence-corrected chi connectivity index (χ2v) is 9.10. The number of nitrogens with one attached hydrogen (secondary N) is 1. The summed E-state index contributed by atoms with van der Waals surface area (Å²) in [6.07, 6.45) is 3.83. The summed E-state index contributed by atoms with van der Waals surface area (Å²) >= 11 is 0. The summed E-state index contributed by atoms with van der Waals surface area (Å²) in [5.74, 6) is 1.73. The molecule has 1 aliphatic heterocycles. The SMILES string of the molecule is COc1c(OCC2CCN(C)CC2)cc(CF)c2c(-c3ccc(O)c(C)c3)nc3[nH]ncc3c12.Cl. The van der Waals surface area contributed by atoms with E-state index in [2.05, 4.69) is 22.1 Å². The molecule has 35 heavy (non-hydrogen) atoms. The molecule has 1 fully saturated rings. The van der Waals surface area contributed by atoms with Crippen molar-refractivity contribution < 1.29 is 19.0 Å². The molecule has 2 aromatic carbocycles. The number of likely N-dealkylation sites (tertiary alicyclic amines) is 1. The zero-order chi connectivity index (χ0) is 23.8. The van der Waals surface area contributed by atoms with Crippen LogP contribution in [0.25, 0.3) is 33.1 Å². The number of pyridine rings is 1. The van der Waals surface area contributed by atoms with Crippen LogP contribution in [0.3, 0.4) is 0 Å². The van der Waals surface area contributed by atoms with Crippen LogP contribution in [0.15, 0.2) is 30.5 Å². The van der Waals surface area contributed by atoms with Crippen molar-refractivity contribution in [1.82, 2.24) is 20.1 Å². The third-order valence-electron chi connectivity index (χ3n) is 6.81.